The topological polar surface area (TPSA) is 3.24 Å². The van der Waals surface area contributed by atoms with Crippen molar-refractivity contribution in [2.45, 2.75) is 19.3 Å². The molecule has 10 aromatic carbocycles. The monoisotopic (exact) mass is 739 g/mol. The lowest BCUT2D eigenvalue weighted by molar-refractivity contribution is 0.660. The van der Waals surface area contributed by atoms with Crippen LogP contribution >= 0.6 is 0 Å². The average Bonchev–Trinajstić information content (AvgIpc) is 3.52. The van der Waals surface area contributed by atoms with Crippen LogP contribution in [0.3, 0.4) is 0 Å². The van der Waals surface area contributed by atoms with E-state index in [4.69, 9.17) is 0 Å². The van der Waals surface area contributed by atoms with Crippen LogP contribution in [0.25, 0.3) is 76.8 Å². The Bertz CT molecular complexity index is 3180. The predicted octanol–water partition coefficient (Wildman–Crippen LogP) is 15.9. The van der Waals surface area contributed by atoms with E-state index in [0.717, 1.165) is 17.1 Å². The van der Waals surface area contributed by atoms with E-state index in [1.807, 2.05) is 0 Å². The maximum Gasteiger partial charge on any atom is 0.0468 e. The number of fused-ring (bicyclic) bond motifs is 7. The smallest absolute Gasteiger partial charge is 0.0468 e. The molecule has 0 saturated carbocycles. The van der Waals surface area contributed by atoms with Gasteiger partial charge in [0.15, 0.2) is 0 Å². The summed E-state index contributed by atoms with van der Waals surface area (Å²) < 4.78 is 0. The fourth-order valence-corrected chi connectivity index (χ4v) is 9.42. The molecule has 0 fully saturated rings. The molecule has 0 saturated heterocycles. The maximum absolute atomic E-state index is 2.41. The van der Waals surface area contributed by atoms with Gasteiger partial charge in [0.25, 0.3) is 0 Å². The van der Waals surface area contributed by atoms with Crippen molar-refractivity contribution in [1.82, 2.24) is 0 Å². The van der Waals surface area contributed by atoms with E-state index in [9.17, 15) is 0 Å². The van der Waals surface area contributed by atoms with Gasteiger partial charge >= 0.3 is 0 Å². The first-order chi connectivity index (χ1) is 28.5. The molecule has 10 aromatic rings. The average molecular weight is 740 g/mol. The highest BCUT2D eigenvalue weighted by molar-refractivity contribution is 6.08. The zero-order valence-electron chi connectivity index (χ0n) is 32.7. The highest BCUT2D eigenvalue weighted by Gasteiger charge is 2.35. The Kier molecular flexibility index (Phi) is 7.91. The molecule has 1 nitrogen and oxygen atoms in total. The quantitative estimate of drug-likeness (QED) is 0.154. The van der Waals surface area contributed by atoms with Crippen molar-refractivity contribution in [3.63, 3.8) is 0 Å². The summed E-state index contributed by atoms with van der Waals surface area (Å²) in [4.78, 5) is 2.39. The van der Waals surface area contributed by atoms with Crippen molar-refractivity contribution in [2.75, 3.05) is 4.90 Å². The first-order valence-corrected chi connectivity index (χ1v) is 20.2. The number of benzene rings is 10. The largest absolute Gasteiger partial charge is 0.310 e. The van der Waals surface area contributed by atoms with E-state index in [1.54, 1.807) is 0 Å². The third kappa shape index (κ3) is 5.62. The molecule has 0 heterocycles. The van der Waals surface area contributed by atoms with Gasteiger partial charge in [0.1, 0.15) is 0 Å². The molecule has 0 radical (unpaired) electrons. The minimum atomic E-state index is -0.0382. The van der Waals surface area contributed by atoms with E-state index < -0.39 is 0 Å². The van der Waals surface area contributed by atoms with Crippen LogP contribution in [0.15, 0.2) is 212 Å². The fourth-order valence-electron chi connectivity index (χ4n) is 9.42. The Morgan fingerprint density at radius 3 is 1.59 bits per heavy atom. The van der Waals surface area contributed by atoms with Crippen LogP contribution < -0.4 is 4.90 Å². The van der Waals surface area contributed by atoms with Gasteiger partial charge in [0, 0.05) is 22.5 Å². The molecule has 11 rings (SSSR count). The highest BCUT2D eigenvalue weighted by atomic mass is 15.1. The fraction of sp³-hybridized carbons (Fsp3) is 0.0526. The summed E-state index contributed by atoms with van der Waals surface area (Å²) in [5.74, 6) is 0. The molecule has 0 spiro atoms. The van der Waals surface area contributed by atoms with Gasteiger partial charge in [-0.1, -0.05) is 178 Å². The lowest BCUT2D eigenvalue weighted by Gasteiger charge is -2.26. The van der Waals surface area contributed by atoms with Gasteiger partial charge in [0.05, 0.1) is 0 Å². The lowest BCUT2D eigenvalue weighted by Crippen LogP contribution is -2.14. The van der Waals surface area contributed by atoms with E-state index in [0.29, 0.717) is 0 Å². The Hall–Kier alpha value is -7.22. The molecule has 1 aliphatic carbocycles. The Morgan fingerprint density at radius 1 is 0.293 bits per heavy atom. The standard InChI is InChI=1S/C57H41N/c1-57(2)55-20-8-7-18-53(55)54-33-27-43(37-56(54)57)39-25-30-47(31-26-39)58(48-32-34-52-45(36-48)22-21-41-12-4-6-17-50(41)52)46-28-23-38(24-29-46)42-14-9-15-44(35-42)51-19-10-13-40-11-3-5-16-49(40)51/h3-37H,1-2H3. The van der Waals surface area contributed by atoms with Gasteiger partial charge in [-0.3, -0.25) is 0 Å². The lowest BCUT2D eigenvalue weighted by atomic mass is 9.81. The molecular formula is C57H41N. The second kappa shape index (κ2) is 13.5. The van der Waals surface area contributed by atoms with Crippen LogP contribution in [0.1, 0.15) is 25.0 Å². The number of nitrogens with zero attached hydrogens (tertiary/aromatic N) is 1. The van der Waals surface area contributed by atoms with E-state index in [-0.39, 0.29) is 5.41 Å². The molecule has 0 atom stereocenters. The molecule has 0 unspecified atom stereocenters. The summed E-state index contributed by atoms with van der Waals surface area (Å²) in [6.45, 7) is 4.70. The molecule has 0 aliphatic heterocycles. The van der Waals surface area contributed by atoms with Crippen molar-refractivity contribution in [3.05, 3.63) is 223 Å². The second-order valence-corrected chi connectivity index (χ2v) is 16.2. The minimum absolute atomic E-state index is 0.0382. The molecule has 0 bridgehead atoms. The highest BCUT2D eigenvalue weighted by Crippen LogP contribution is 2.50. The van der Waals surface area contributed by atoms with Gasteiger partial charge in [-0.05, 0) is 136 Å². The summed E-state index contributed by atoms with van der Waals surface area (Å²) >= 11 is 0. The van der Waals surface area contributed by atoms with Gasteiger partial charge in [-0.25, -0.2) is 0 Å². The second-order valence-electron chi connectivity index (χ2n) is 16.2. The Balaban J connectivity index is 0.977. The Labute approximate surface area is 340 Å². The van der Waals surface area contributed by atoms with Crippen molar-refractivity contribution >= 4 is 49.4 Å². The molecule has 1 heteroatoms. The molecule has 0 N–H and O–H groups in total. The summed E-state index contributed by atoms with van der Waals surface area (Å²) in [6.07, 6.45) is 0. The van der Waals surface area contributed by atoms with Crippen molar-refractivity contribution < 1.29 is 0 Å². The summed E-state index contributed by atoms with van der Waals surface area (Å²) in [6, 6.07) is 78.2. The van der Waals surface area contributed by atoms with Crippen LogP contribution in [0.2, 0.25) is 0 Å². The van der Waals surface area contributed by atoms with Crippen LogP contribution in [0.4, 0.5) is 17.1 Å². The van der Waals surface area contributed by atoms with Gasteiger partial charge < -0.3 is 4.90 Å². The number of hydrogen-bond acceptors (Lipinski definition) is 1. The van der Waals surface area contributed by atoms with Gasteiger partial charge in [0.2, 0.25) is 0 Å². The summed E-state index contributed by atoms with van der Waals surface area (Å²) in [7, 11) is 0. The summed E-state index contributed by atoms with van der Waals surface area (Å²) in [5, 5.41) is 7.55. The normalized spacial score (nSPS) is 12.8. The minimum Gasteiger partial charge on any atom is -0.310 e. The molecule has 0 amide bonds. The predicted molar refractivity (Wildman–Crippen MR) is 248 cm³/mol. The Morgan fingerprint density at radius 2 is 0.810 bits per heavy atom. The molecule has 0 aromatic heterocycles. The zero-order chi connectivity index (χ0) is 38.8. The van der Waals surface area contributed by atoms with Crippen molar-refractivity contribution in [3.8, 4) is 44.5 Å². The SMILES string of the molecule is CC1(C)c2ccccc2-c2ccc(-c3ccc(N(c4ccc(-c5cccc(-c6cccc7ccccc67)c5)cc4)c4ccc5c(ccc6ccccc65)c4)cc3)cc21. The molecule has 1 aliphatic rings. The summed E-state index contributed by atoms with van der Waals surface area (Å²) in [5.41, 5.74) is 16.1. The number of anilines is 3. The molecule has 274 valence electrons. The van der Waals surface area contributed by atoms with E-state index in [2.05, 4.69) is 231 Å². The maximum atomic E-state index is 2.41. The number of rotatable bonds is 6. The van der Waals surface area contributed by atoms with Crippen LogP contribution in [-0.2, 0) is 5.41 Å². The van der Waals surface area contributed by atoms with Crippen LogP contribution in [0.5, 0.6) is 0 Å². The molecular weight excluding hydrogens is 699 g/mol. The molecule has 58 heavy (non-hydrogen) atoms. The van der Waals surface area contributed by atoms with Crippen LogP contribution in [0, 0.1) is 0 Å². The third-order valence-electron chi connectivity index (χ3n) is 12.5. The van der Waals surface area contributed by atoms with Crippen molar-refractivity contribution in [2.24, 2.45) is 0 Å². The van der Waals surface area contributed by atoms with Crippen molar-refractivity contribution in [1.29, 1.82) is 0 Å². The number of hydrogen-bond donors (Lipinski definition) is 0. The first-order valence-electron chi connectivity index (χ1n) is 20.2. The van der Waals surface area contributed by atoms with Gasteiger partial charge in [-0.2, -0.15) is 0 Å². The van der Waals surface area contributed by atoms with E-state index in [1.165, 1.54) is 88.0 Å². The van der Waals surface area contributed by atoms with Gasteiger partial charge in [-0.15, -0.1) is 0 Å². The van der Waals surface area contributed by atoms with Crippen LogP contribution in [-0.4, -0.2) is 0 Å². The third-order valence-corrected chi connectivity index (χ3v) is 12.5. The first kappa shape index (κ1) is 34.1. The van der Waals surface area contributed by atoms with E-state index >= 15 is 0 Å². The zero-order valence-corrected chi connectivity index (χ0v) is 32.7.